The van der Waals surface area contributed by atoms with E-state index in [2.05, 4.69) is 24.0 Å². The molecule has 1 aromatic carbocycles. The molecule has 19 heavy (non-hydrogen) atoms. The average molecular weight is 259 g/mol. The zero-order valence-electron chi connectivity index (χ0n) is 11.8. The zero-order chi connectivity index (χ0) is 13.8. The molecule has 0 N–H and O–H groups in total. The SMILES string of the molecule is Cc1ccc(C2C(=O)N=CN2CCCN(C)C)cc1. The number of aryl methyl sites for hydroxylation is 1. The Bertz CT molecular complexity index is 465. The number of hydrogen-bond donors (Lipinski definition) is 0. The van der Waals surface area contributed by atoms with Crippen molar-refractivity contribution in [2.75, 3.05) is 27.2 Å². The van der Waals surface area contributed by atoms with Gasteiger partial charge in [0.2, 0.25) is 0 Å². The van der Waals surface area contributed by atoms with Crippen molar-refractivity contribution >= 4 is 12.2 Å². The van der Waals surface area contributed by atoms with Gasteiger partial charge in [0.15, 0.2) is 0 Å². The van der Waals surface area contributed by atoms with Gasteiger partial charge >= 0.3 is 0 Å². The van der Waals surface area contributed by atoms with Crippen LogP contribution in [0.5, 0.6) is 0 Å². The molecule has 1 aliphatic heterocycles. The first-order valence-electron chi connectivity index (χ1n) is 6.63. The summed E-state index contributed by atoms with van der Waals surface area (Å²) < 4.78 is 0. The van der Waals surface area contributed by atoms with E-state index in [1.54, 1.807) is 6.34 Å². The van der Waals surface area contributed by atoms with Gasteiger partial charge in [-0.15, -0.1) is 0 Å². The van der Waals surface area contributed by atoms with E-state index in [0.29, 0.717) is 0 Å². The van der Waals surface area contributed by atoms with Crippen LogP contribution < -0.4 is 0 Å². The number of rotatable bonds is 5. The Hall–Kier alpha value is -1.68. The second-order valence-electron chi connectivity index (χ2n) is 5.29. The number of carbonyl (C=O) groups excluding carboxylic acids is 1. The molecule has 2 rings (SSSR count). The van der Waals surface area contributed by atoms with Gasteiger partial charge in [0.1, 0.15) is 6.04 Å². The van der Waals surface area contributed by atoms with Crippen LogP contribution in [-0.4, -0.2) is 49.2 Å². The minimum Gasteiger partial charge on any atom is -0.347 e. The van der Waals surface area contributed by atoms with Crippen molar-refractivity contribution in [3.8, 4) is 0 Å². The maximum atomic E-state index is 11.9. The first-order chi connectivity index (χ1) is 9.08. The molecule has 0 aliphatic carbocycles. The predicted molar refractivity (Wildman–Crippen MR) is 77.3 cm³/mol. The van der Waals surface area contributed by atoms with Gasteiger partial charge in [0.25, 0.3) is 5.91 Å². The van der Waals surface area contributed by atoms with Crippen LogP contribution in [0.25, 0.3) is 0 Å². The maximum Gasteiger partial charge on any atom is 0.274 e. The van der Waals surface area contributed by atoms with Crippen molar-refractivity contribution < 1.29 is 4.79 Å². The summed E-state index contributed by atoms with van der Waals surface area (Å²) >= 11 is 0. The summed E-state index contributed by atoms with van der Waals surface area (Å²) in [5.41, 5.74) is 2.23. The highest BCUT2D eigenvalue weighted by molar-refractivity contribution is 5.95. The minimum absolute atomic E-state index is 0.0614. The van der Waals surface area contributed by atoms with Gasteiger partial charge in [0, 0.05) is 6.54 Å². The molecule has 1 atom stereocenters. The standard InChI is InChI=1S/C15H21N3O/c1-12-5-7-13(8-6-12)14-15(19)16-11-18(14)10-4-9-17(2)3/h5-8,11,14H,4,9-10H2,1-3H3. The van der Waals surface area contributed by atoms with Crippen LogP contribution in [0.4, 0.5) is 0 Å². The molecule has 0 saturated heterocycles. The van der Waals surface area contributed by atoms with Gasteiger partial charge < -0.3 is 9.80 Å². The molecule has 1 heterocycles. The summed E-state index contributed by atoms with van der Waals surface area (Å²) in [5, 5.41) is 0. The molecular formula is C15H21N3O. The Kier molecular flexibility index (Phi) is 4.32. The van der Waals surface area contributed by atoms with Crippen LogP contribution in [0.3, 0.4) is 0 Å². The Morgan fingerprint density at radius 3 is 2.58 bits per heavy atom. The molecule has 0 radical (unpaired) electrons. The molecule has 1 amide bonds. The topological polar surface area (TPSA) is 35.9 Å². The summed E-state index contributed by atoms with van der Waals surface area (Å²) in [4.78, 5) is 20.0. The maximum absolute atomic E-state index is 11.9. The molecular weight excluding hydrogens is 238 g/mol. The lowest BCUT2D eigenvalue weighted by atomic mass is 10.0. The van der Waals surface area contributed by atoms with Crippen LogP contribution >= 0.6 is 0 Å². The van der Waals surface area contributed by atoms with Crippen molar-refractivity contribution in [1.82, 2.24) is 9.80 Å². The van der Waals surface area contributed by atoms with E-state index in [1.807, 2.05) is 36.1 Å². The van der Waals surface area contributed by atoms with Crippen LogP contribution in [-0.2, 0) is 4.79 Å². The number of hydrogen-bond acceptors (Lipinski definition) is 3. The molecule has 1 aromatic rings. The number of benzene rings is 1. The molecule has 0 spiro atoms. The number of aliphatic imine (C=N–C) groups is 1. The first-order valence-corrected chi connectivity index (χ1v) is 6.63. The molecule has 4 nitrogen and oxygen atoms in total. The van der Waals surface area contributed by atoms with Crippen molar-refractivity contribution in [2.24, 2.45) is 4.99 Å². The van der Waals surface area contributed by atoms with Gasteiger partial charge in [-0.2, -0.15) is 0 Å². The summed E-state index contributed by atoms with van der Waals surface area (Å²) in [5.74, 6) is -0.0614. The second kappa shape index (κ2) is 5.97. The fraction of sp³-hybridized carbons (Fsp3) is 0.467. The van der Waals surface area contributed by atoms with Crippen molar-refractivity contribution in [3.05, 3.63) is 35.4 Å². The first kappa shape index (κ1) is 13.7. The second-order valence-corrected chi connectivity index (χ2v) is 5.29. The summed E-state index contributed by atoms with van der Waals surface area (Å²) in [6.07, 6.45) is 2.71. The zero-order valence-corrected chi connectivity index (χ0v) is 11.8. The minimum atomic E-state index is -0.234. The Labute approximate surface area is 114 Å². The van der Waals surface area contributed by atoms with Crippen LogP contribution in [0.15, 0.2) is 29.3 Å². The molecule has 1 aliphatic rings. The number of nitrogens with zero attached hydrogens (tertiary/aromatic N) is 3. The van der Waals surface area contributed by atoms with Gasteiger partial charge in [-0.25, -0.2) is 4.99 Å². The largest absolute Gasteiger partial charge is 0.347 e. The van der Waals surface area contributed by atoms with Crippen LogP contribution in [0.1, 0.15) is 23.6 Å². The van der Waals surface area contributed by atoms with E-state index in [0.717, 1.165) is 25.1 Å². The van der Waals surface area contributed by atoms with Crippen molar-refractivity contribution in [2.45, 2.75) is 19.4 Å². The predicted octanol–water partition coefficient (Wildman–Crippen LogP) is 1.86. The molecule has 4 heteroatoms. The highest BCUT2D eigenvalue weighted by atomic mass is 16.2. The molecule has 102 valence electrons. The van der Waals surface area contributed by atoms with E-state index >= 15 is 0 Å². The molecule has 0 bridgehead atoms. The van der Waals surface area contributed by atoms with Gasteiger partial charge in [0.05, 0.1) is 6.34 Å². The summed E-state index contributed by atoms with van der Waals surface area (Å²) in [6.45, 7) is 3.91. The third-order valence-electron chi connectivity index (χ3n) is 3.31. The van der Waals surface area contributed by atoms with Crippen molar-refractivity contribution in [1.29, 1.82) is 0 Å². The van der Waals surface area contributed by atoms with E-state index < -0.39 is 0 Å². The Morgan fingerprint density at radius 2 is 1.95 bits per heavy atom. The molecule has 0 fully saturated rings. The molecule has 0 aromatic heterocycles. The third-order valence-corrected chi connectivity index (χ3v) is 3.31. The van der Waals surface area contributed by atoms with E-state index in [1.165, 1.54) is 5.56 Å². The van der Waals surface area contributed by atoms with Gasteiger partial charge in [-0.1, -0.05) is 29.8 Å². The van der Waals surface area contributed by atoms with Gasteiger partial charge in [-0.3, -0.25) is 4.79 Å². The van der Waals surface area contributed by atoms with Crippen LogP contribution in [0, 0.1) is 6.92 Å². The highest BCUT2D eigenvalue weighted by Gasteiger charge is 2.29. The summed E-state index contributed by atoms with van der Waals surface area (Å²) in [6, 6.07) is 7.89. The van der Waals surface area contributed by atoms with Crippen LogP contribution in [0.2, 0.25) is 0 Å². The lowest BCUT2D eigenvalue weighted by molar-refractivity contribution is -0.120. The lowest BCUT2D eigenvalue weighted by Gasteiger charge is -2.23. The number of amides is 1. The quantitative estimate of drug-likeness (QED) is 0.809. The Balaban J connectivity index is 2.04. The molecule has 1 unspecified atom stereocenters. The third kappa shape index (κ3) is 3.41. The highest BCUT2D eigenvalue weighted by Crippen LogP contribution is 2.25. The average Bonchev–Trinajstić information content (AvgIpc) is 2.72. The smallest absolute Gasteiger partial charge is 0.274 e. The normalized spacial score (nSPS) is 18.6. The van der Waals surface area contributed by atoms with E-state index in [4.69, 9.17) is 0 Å². The fourth-order valence-electron chi connectivity index (χ4n) is 2.25. The number of carbonyl (C=O) groups is 1. The summed E-state index contributed by atoms with van der Waals surface area (Å²) in [7, 11) is 4.11. The van der Waals surface area contributed by atoms with E-state index in [9.17, 15) is 4.79 Å². The van der Waals surface area contributed by atoms with Gasteiger partial charge in [-0.05, 0) is 39.5 Å². The van der Waals surface area contributed by atoms with E-state index in [-0.39, 0.29) is 11.9 Å². The van der Waals surface area contributed by atoms with Crippen molar-refractivity contribution in [3.63, 3.8) is 0 Å². The monoisotopic (exact) mass is 259 g/mol. The Morgan fingerprint density at radius 1 is 1.26 bits per heavy atom. The lowest BCUT2D eigenvalue weighted by Crippen LogP contribution is -2.29. The fourth-order valence-corrected chi connectivity index (χ4v) is 2.25. The molecule has 0 saturated carbocycles.